The molecule has 9 heteroatoms. The molecular weight excluding hydrogens is 425 g/mol. The Morgan fingerprint density at radius 2 is 1.75 bits per heavy atom. The highest BCUT2D eigenvalue weighted by atomic mass is 19.4. The number of carboxylic acids is 1. The van der Waals surface area contributed by atoms with Crippen LogP contribution in [-0.4, -0.2) is 29.2 Å². The number of allylic oxidation sites excluding steroid dienone is 1. The van der Waals surface area contributed by atoms with Crippen molar-refractivity contribution in [1.29, 1.82) is 0 Å². The number of ether oxygens (including phenoxy) is 1. The van der Waals surface area contributed by atoms with Gasteiger partial charge in [0.05, 0.1) is 5.57 Å². The first-order valence-electron chi connectivity index (χ1n) is 9.47. The maximum absolute atomic E-state index is 13.3. The van der Waals surface area contributed by atoms with Crippen molar-refractivity contribution in [3.05, 3.63) is 94.9 Å². The first kappa shape index (κ1) is 22.8. The van der Waals surface area contributed by atoms with Crippen LogP contribution in [0.5, 0.6) is 5.75 Å². The maximum atomic E-state index is 13.3. The van der Waals surface area contributed by atoms with Gasteiger partial charge in [-0.2, -0.15) is 13.2 Å². The number of carbonyl (C=O) groups is 2. The summed E-state index contributed by atoms with van der Waals surface area (Å²) in [4.78, 5) is 23.7. The third-order valence-corrected chi connectivity index (χ3v) is 4.51. The largest absolute Gasteiger partial charge is 0.477 e. The van der Waals surface area contributed by atoms with E-state index in [2.05, 4.69) is 5.32 Å². The van der Waals surface area contributed by atoms with Gasteiger partial charge in [-0.15, -0.1) is 0 Å². The van der Waals surface area contributed by atoms with Gasteiger partial charge < -0.3 is 20.9 Å². The zero-order chi connectivity index (χ0) is 23.3. The Kier molecular flexibility index (Phi) is 6.79. The summed E-state index contributed by atoms with van der Waals surface area (Å²) in [6, 6.07) is 13.1. The number of alkyl halides is 3. The molecule has 2 aromatic rings. The van der Waals surface area contributed by atoms with Crippen LogP contribution >= 0.6 is 0 Å². The monoisotopic (exact) mass is 444 g/mol. The number of hydrogen-bond donors (Lipinski definition) is 3. The Bertz CT molecular complexity index is 1090. The number of nitrogens with two attached hydrogens (primary N) is 1. The Labute approximate surface area is 181 Å². The van der Waals surface area contributed by atoms with Crippen LogP contribution in [0.3, 0.4) is 0 Å². The van der Waals surface area contributed by atoms with Crippen molar-refractivity contribution in [3.63, 3.8) is 0 Å². The number of nitrogens with one attached hydrogen (secondary N) is 1. The number of hydrogen-bond acceptors (Lipinski definition) is 4. The van der Waals surface area contributed by atoms with Crippen molar-refractivity contribution in [2.24, 2.45) is 5.73 Å². The third-order valence-electron chi connectivity index (χ3n) is 4.51. The molecule has 0 bridgehead atoms. The molecule has 6 nitrogen and oxygen atoms in total. The van der Waals surface area contributed by atoms with Crippen LogP contribution in [0, 0.1) is 0 Å². The van der Waals surface area contributed by atoms with E-state index in [9.17, 15) is 27.9 Å². The molecule has 166 valence electrons. The van der Waals surface area contributed by atoms with Crippen LogP contribution in [-0.2, 0) is 4.79 Å². The van der Waals surface area contributed by atoms with Gasteiger partial charge in [0.15, 0.2) is 0 Å². The van der Waals surface area contributed by atoms with E-state index in [4.69, 9.17) is 10.5 Å². The van der Waals surface area contributed by atoms with Crippen molar-refractivity contribution >= 4 is 18.0 Å². The molecule has 0 saturated carbocycles. The van der Waals surface area contributed by atoms with Gasteiger partial charge >= 0.3 is 12.1 Å². The van der Waals surface area contributed by atoms with Gasteiger partial charge in [0.2, 0.25) is 0 Å². The Morgan fingerprint density at radius 3 is 2.34 bits per heavy atom. The number of rotatable bonds is 6. The number of amides is 1. The average Bonchev–Trinajstić information content (AvgIpc) is 2.75. The third kappa shape index (κ3) is 5.86. The molecule has 0 heterocycles. The molecule has 1 amide bonds. The van der Waals surface area contributed by atoms with E-state index >= 15 is 0 Å². The summed E-state index contributed by atoms with van der Waals surface area (Å²) in [6.45, 7) is 0. The summed E-state index contributed by atoms with van der Waals surface area (Å²) in [6.07, 6.45) is -1.12. The van der Waals surface area contributed by atoms with E-state index < -0.39 is 29.7 Å². The van der Waals surface area contributed by atoms with Crippen molar-refractivity contribution in [1.82, 2.24) is 5.32 Å². The molecule has 0 spiro atoms. The molecule has 0 radical (unpaired) electrons. The number of benzene rings is 2. The summed E-state index contributed by atoms with van der Waals surface area (Å²) in [5, 5.41) is 11.7. The highest BCUT2D eigenvalue weighted by Crippen LogP contribution is 2.35. The Morgan fingerprint density at radius 1 is 1.09 bits per heavy atom. The van der Waals surface area contributed by atoms with E-state index in [-0.39, 0.29) is 29.2 Å². The van der Waals surface area contributed by atoms with E-state index in [1.54, 1.807) is 18.2 Å². The molecule has 0 fully saturated rings. The molecule has 0 saturated heterocycles. The van der Waals surface area contributed by atoms with E-state index in [0.717, 1.165) is 0 Å². The molecule has 1 aliphatic rings. The number of aliphatic carboxylic acids is 1. The molecule has 2 aromatic carbocycles. The summed E-state index contributed by atoms with van der Waals surface area (Å²) in [5.74, 6) is -2.15. The van der Waals surface area contributed by atoms with Gasteiger partial charge in [-0.3, -0.25) is 4.79 Å². The molecule has 3 rings (SSSR count). The topological polar surface area (TPSA) is 102 Å². The van der Waals surface area contributed by atoms with Gasteiger partial charge in [0.25, 0.3) is 5.91 Å². The minimum absolute atomic E-state index is 0.129. The number of carbonyl (C=O) groups excluding carboxylic acids is 1. The van der Waals surface area contributed by atoms with Crippen LogP contribution < -0.4 is 15.8 Å². The van der Waals surface area contributed by atoms with Crippen molar-refractivity contribution in [3.8, 4) is 5.75 Å². The summed E-state index contributed by atoms with van der Waals surface area (Å²) in [7, 11) is 0. The van der Waals surface area contributed by atoms with Gasteiger partial charge in [0.1, 0.15) is 17.2 Å². The average molecular weight is 444 g/mol. The van der Waals surface area contributed by atoms with E-state index in [1.165, 1.54) is 54.6 Å². The lowest BCUT2D eigenvalue weighted by Crippen LogP contribution is -2.28. The molecule has 1 aliphatic carbocycles. The highest BCUT2D eigenvalue weighted by Gasteiger charge is 2.38. The predicted octanol–water partition coefficient (Wildman–Crippen LogP) is 4.02. The van der Waals surface area contributed by atoms with Crippen molar-refractivity contribution in [2.75, 3.05) is 0 Å². The lowest BCUT2D eigenvalue weighted by Gasteiger charge is -2.22. The minimum Gasteiger partial charge on any atom is -0.477 e. The molecule has 0 aliphatic heterocycles. The summed E-state index contributed by atoms with van der Waals surface area (Å²) in [5.41, 5.74) is 5.05. The standard InChI is InChI=1S/C23H19F3N2O4/c24-23(25,26)18-13-16(27)8-11-20(18)32-17-9-6-14(7-10-17)12-19(22(30)31)28-21(29)15-4-2-1-3-5-15/h1-12,16H,13,27H2,(H,28,29)(H,30,31)/b19-12-. The number of halogens is 3. The minimum atomic E-state index is -4.58. The second-order valence-electron chi connectivity index (χ2n) is 6.92. The predicted molar refractivity (Wildman–Crippen MR) is 111 cm³/mol. The zero-order valence-electron chi connectivity index (χ0n) is 16.6. The van der Waals surface area contributed by atoms with Gasteiger partial charge in [-0.1, -0.05) is 36.4 Å². The fraction of sp³-hybridized carbons (Fsp3) is 0.130. The fourth-order valence-electron chi connectivity index (χ4n) is 2.93. The molecule has 32 heavy (non-hydrogen) atoms. The van der Waals surface area contributed by atoms with Crippen molar-refractivity contribution < 1.29 is 32.6 Å². The molecule has 4 N–H and O–H groups in total. The molecule has 1 atom stereocenters. The van der Waals surface area contributed by atoms with Gasteiger partial charge in [-0.25, -0.2) is 4.79 Å². The van der Waals surface area contributed by atoms with Crippen LogP contribution in [0.4, 0.5) is 13.2 Å². The normalized spacial score (nSPS) is 16.6. The quantitative estimate of drug-likeness (QED) is 0.584. The van der Waals surface area contributed by atoms with E-state index in [1.807, 2.05) is 0 Å². The van der Waals surface area contributed by atoms with Crippen LogP contribution in [0.2, 0.25) is 0 Å². The lowest BCUT2D eigenvalue weighted by molar-refractivity contribution is -0.132. The molecule has 0 aromatic heterocycles. The molecular formula is C23H19F3N2O4. The lowest BCUT2D eigenvalue weighted by atomic mass is 9.99. The van der Waals surface area contributed by atoms with E-state index in [0.29, 0.717) is 5.56 Å². The Hall–Kier alpha value is -3.85. The Balaban J connectivity index is 1.78. The van der Waals surface area contributed by atoms with Crippen LogP contribution in [0.1, 0.15) is 22.3 Å². The highest BCUT2D eigenvalue weighted by molar-refractivity contribution is 6.02. The smallest absolute Gasteiger partial charge is 0.416 e. The second kappa shape index (κ2) is 9.52. The fourth-order valence-corrected chi connectivity index (χ4v) is 2.93. The van der Waals surface area contributed by atoms with Gasteiger partial charge in [0, 0.05) is 11.6 Å². The van der Waals surface area contributed by atoms with Crippen LogP contribution in [0.25, 0.3) is 6.08 Å². The summed E-state index contributed by atoms with van der Waals surface area (Å²) >= 11 is 0. The second-order valence-corrected chi connectivity index (χ2v) is 6.92. The van der Waals surface area contributed by atoms with Crippen LogP contribution in [0.15, 0.2) is 83.8 Å². The first-order chi connectivity index (χ1) is 15.1. The van der Waals surface area contributed by atoms with Gasteiger partial charge in [-0.05, 0) is 48.4 Å². The SMILES string of the molecule is NC1C=CC(Oc2ccc(/C=C(\NC(=O)c3ccccc3)C(=O)O)cc2)=C(C(F)(F)F)C1. The van der Waals surface area contributed by atoms with Crippen molar-refractivity contribution in [2.45, 2.75) is 18.6 Å². The summed E-state index contributed by atoms with van der Waals surface area (Å²) < 4.78 is 45.1. The maximum Gasteiger partial charge on any atom is 0.416 e. The zero-order valence-corrected chi connectivity index (χ0v) is 16.6. The number of carboxylic acid groups (broad SMARTS) is 1. The molecule has 1 unspecified atom stereocenters. The first-order valence-corrected chi connectivity index (χ1v) is 9.47.